The van der Waals surface area contributed by atoms with E-state index in [1.807, 2.05) is 11.0 Å². The molecular formula is C18H24BrClN2O3. The lowest BCUT2D eigenvalue weighted by Gasteiger charge is -2.24. The number of ketones is 1. The Balaban J connectivity index is 0.00000225. The fourth-order valence-corrected chi connectivity index (χ4v) is 3.94. The van der Waals surface area contributed by atoms with Crippen molar-refractivity contribution >= 4 is 40.0 Å². The van der Waals surface area contributed by atoms with Crippen LogP contribution in [0.1, 0.15) is 42.5 Å². The molecule has 0 spiro atoms. The molecule has 2 bridgehead atoms. The van der Waals surface area contributed by atoms with E-state index in [0.717, 1.165) is 30.4 Å². The van der Waals surface area contributed by atoms with Crippen LogP contribution in [0.5, 0.6) is 5.75 Å². The van der Waals surface area contributed by atoms with Crippen molar-refractivity contribution in [2.45, 2.75) is 44.2 Å². The zero-order chi connectivity index (χ0) is 17.1. The number of rotatable bonds is 5. The summed E-state index contributed by atoms with van der Waals surface area (Å²) < 4.78 is 6.08. The maximum absolute atomic E-state index is 12.5. The minimum atomic E-state index is -0.0593. The number of carbonyl (C=O) groups excluding carboxylic acids is 2. The van der Waals surface area contributed by atoms with E-state index in [4.69, 9.17) is 4.74 Å². The third-order valence-electron chi connectivity index (χ3n) is 4.90. The van der Waals surface area contributed by atoms with E-state index in [-0.39, 0.29) is 36.9 Å². The molecule has 1 aromatic rings. The number of likely N-dealkylation sites (tertiary alicyclic amines) is 1. The van der Waals surface area contributed by atoms with Crippen molar-refractivity contribution in [1.29, 1.82) is 0 Å². The second-order valence-corrected chi connectivity index (χ2v) is 7.45. The molecule has 0 aliphatic carbocycles. The number of halogens is 2. The Morgan fingerprint density at radius 2 is 2.00 bits per heavy atom. The van der Waals surface area contributed by atoms with Gasteiger partial charge in [-0.15, -0.1) is 12.4 Å². The minimum absolute atomic E-state index is 0. The quantitative estimate of drug-likeness (QED) is 0.727. The molecule has 2 aliphatic rings. The Morgan fingerprint density at radius 3 is 2.76 bits per heavy atom. The van der Waals surface area contributed by atoms with E-state index < -0.39 is 0 Å². The van der Waals surface area contributed by atoms with E-state index in [1.165, 1.54) is 6.42 Å². The molecule has 2 unspecified atom stereocenters. The number of fused-ring (bicyclic) bond motifs is 2. The minimum Gasteiger partial charge on any atom is -0.496 e. The van der Waals surface area contributed by atoms with Crippen LogP contribution in [0.25, 0.3) is 0 Å². The average molecular weight is 432 g/mol. The van der Waals surface area contributed by atoms with Crippen LogP contribution in [-0.2, 0) is 4.79 Å². The largest absolute Gasteiger partial charge is 0.496 e. The van der Waals surface area contributed by atoms with Crippen molar-refractivity contribution in [2.75, 3.05) is 20.2 Å². The summed E-state index contributed by atoms with van der Waals surface area (Å²) in [6, 6.07) is 6.32. The van der Waals surface area contributed by atoms with Crippen molar-refractivity contribution in [3.63, 3.8) is 0 Å². The molecule has 7 heteroatoms. The molecule has 5 nitrogen and oxygen atoms in total. The van der Waals surface area contributed by atoms with Gasteiger partial charge in [-0.1, -0.05) is 15.9 Å². The van der Waals surface area contributed by atoms with Gasteiger partial charge in [-0.2, -0.15) is 0 Å². The van der Waals surface area contributed by atoms with Crippen molar-refractivity contribution in [2.24, 2.45) is 0 Å². The Hall–Kier alpha value is -1.11. The van der Waals surface area contributed by atoms with Crippen LogP contribution in [0.4, 0.5) is 0 Å². The Morgan fingerprint density at radius 1 is 1.24 bits per heavy atom. The third kappa shape index (κ3) is 4.96. The fraction of sp³-hybridized carbons (Fsp3) is 0.556. The average Bonchev–Trinajstić information content (AvgIpc) is 2.91. The number of methoxy groups -OCH3 is 1. The van der Waals surface area contributed by atoms with Crippen LogP contribution in [0.3, 0.4) is 0 Å². The number of Topliss-reactive ketones (excluding diaryl/α,β-unsaturated/α-hetero) is 1. The molecule has 2 heterocycles. The molecular weight excluding hydrogens is 408 g/mol. The summed E-state index contributed by atoms with van der Waals surface area (Å²) in [5.74, 6) is 0.564. The molecule has 1 amide bonds. The Kier molecular flexibility index (Phi) is 7.28. The van der Waals surface area contributed by atoms with Crippen LogP contribution in [0, 0.1) is 0 Å². The van der Waals surface area contributed by atoms with Crippen molar-refractivity contribution in [3.05, 3.63) is 28.2 Å². The van der Waals surface area contributed by atoms with E-state index in [9.17, 15) is 9.59 Å². The van der Waals surface area contributed by atoms with Crippen molar-refractivity contribution < 1.29 is 14.3 Å². The van der Waals surface area contributed by atoms with Crippen molar-refractivity contribution in [3.8, 4) is 5.75 Å². The predicted molar refractivity (Wildman–Crippen MR) is 103 cm³/mol. The number of nitrogens with one attached hydrogen (secondary N) is 1. The predicted octanol–water partition coefficient (Wildman–Crippen LogP) is 3.20. The smallest absolute Gasteiger partial charge is 0.223 e. The number of ether oxygens (including phenoxy) is 1. The second kappa shape index (κ2) is 9.01. The topological polar surface area (TPSA) is 58.6 Å². The van der Waals surface area contributed by atoms with Gasteiger partial charge < -0.3 is 15.0 Å². The van der Waals surface area contributed by atoms with Gasteiger partial charge in [-0.05, 0) is 37.5 Å². The highest BCUT2D eigenvalue weighted by molar-refractivity contribution is 9.10. The SMILES string of the molecule is COc1ccc(Br)cc1C(=O)CCC(=O)N1CCC2CCC(C1)N2.Cl. The summed E-state index contributed by atoms with van der Waals surface area (Å²) in [6.07, 6.45) is 3.84. The van der Waals surface area contributed by atoms with Gasteiger partial charge in [0.25, 0.3) is 0 Å². The number of hydrogen-bond acceptors (Lipinski definition) is 4. The van der Waals surface area contributed by atoms with Gasteiger partial charge in [0, 0.05) is 42.5 Å². The number of hydrogen-bond donors (Lipinski definition) is 1. The first-order chi connectivity index (χ1) is 11.6. The van der Waals surface area contributed by atoms with Gasteiger partial charge in [-0.25, -0.2) is 0 Å². The molecule has 2 aliphatic heterocycles. The highest BCUT2D eigenvalue weighted by Crippen LogP contribution is 2.25. The molecule has 0 radical (unpaired) electrons. The number of carbonyl (C=O) groups is 2. The molecule has 1 aromatic carbocycles. The molecule has 0 saturated carbocycles. The molecule has 2 saturated heterocycles. The third-order valence-corrected chi connectivity index (χ3v) is 5.40. The summed E-state index contributed by atoms with van der Waals surface area (Å²) in [7, 11) is 1.55. The van der Waals surface area contributed by atoms with E-state index in [0.29, 0.717) is 23.4 Å². The van der Waals surface area contributed by atoms with Gasteiger partial charge in [0.1, 0.15) is 5.75 Å². The lowest BCUT2D eigenvalue weighted by atomic mass is 10.0. The van der Waals surface area contributed by atoms with Crippen molar-refractivity contribution in [1.82, 2.24) is 10.2 Å². The summed E-state index contributed by atoms with van der Waals surface area (Å²) in [5.41, 5.74) is 0.524. The van der Waals surface area contributed by atoms with Gasteiger partial charge in [0.2, 0.25) is 5.91 Å². The van der Waals surface area contributed by atoms with Gasteiger partial charge in [0.15, 0.2) is 5.78 Å². The standard InChI is InChI=1S/C18H23BrN2O3.ClH/c1-24-17-6-2-12(19)10-15(17)16(22)5-7-18(23)21-9-8-13-3-4-14(11-21)20-13;/h2,6,10,13-14,20H,3-5,7-9,11H2,1H3;1H. The maximum atomic E-state index is 12.5. The monoisotopic (exact) mass is 430 g/mol. The number of benzene rings is 1. The molecule has 3 rings (SSSR count). The summed E-state index contributed by atoms with van der Waals surface area (Å²) in [4.78, 5) is 26.9. The maximum Gasteiger partial charge on any atom is 0.223 e. The molecule has 25 heavy (non-hydrogen) atoms. The molecule has 2 atom stereocenters. The van der Waals surface area contributed by atoms with E-state index in [1.54, 1.807) is 19.2 Å². The Bertz CT molecular complexity index is 641. The summed E-state index contributed by atoms with van der Waals surface area (Å²) >= 11 is 3.37. The van der Waals surface area contributed by atoms with E-state index in [2.05, 4.69) is 21.2 Å². The van der Waals surface area contributed by atoms with Crippen LogP contribution in [0.15, 0.2) is 22.7 Å². The van der Waals surface area contributed by atoms with Gasteiger partial charge >= 0.3 is 0 Å². The van der Waals surface area contributed by atoms with Crippen LogP contribution >= 0.6 is 28.3 Å². The first kappa shape index (κ1) is 20.2. The zero-order valence-electron chi connectivity index (χ0n) is 14.3. The van der Waals surface area contributed by atoms with Crippen LogP contribution in [0.2, 0.25) is 0 Å². The second-order valence-electron chi connectivity index (χ2n) is 6.53. The first-order valence-electron chi connectivity index (χ1n) is 8.47. The first-order valence-corrected chi connectivity index (χ1v) is 9.26. The van der Waals surface area contributed by atoms with Crippen LogP contribution < -0.4 is 10.1 Å². The van der Waals surface area contributed by atoms with Gasteiger partial charge in [0.05, 0.1) is 12.7 Å². The van der Waals surface area contributed by atoms with E-state index >= 15 is 0 Å². The highest BCUT2D eigenvalue weighted by atomic mass is 79.9. The molecule has 138 valence electrons. The highest BCUT2D eigenvalue weighted by Gasteiger charge is 2.31. The van der Waals surface area contributed by atoms with Crippen LogP contribution in [-0.4, -0.2) is 48.9 Å². The number of nitrogens with zero attached hydrogens (tertiary/aromatic N) is 1. The number of amides is 1. The molecule has 2 fully saturated rings. The Labute approximate surface area is 163 Å². The normalized spacial score (nSPS) is 22.1. The lowest BCUT2D eigenvalue weighted by Crippen LogP contribution is -2.39. The summed E-state index contributed by atoms with van der Waals surface area (Å²) in [6.45, 7) is 1.56. The lowest BCUT2D eigenvalue weighted by molar-refractivity contribution is -0.131. The molecule has 1 N–H and O–H groups in total. The van der Waals surface area contributed by atoms with Gasteiger partial charge in [-0.3, -0.25) is 9.59 Å². The zero-order valence-corrected chi connectivity index (χ0v) is 16.7. The summed E-state index contributed by atoms with van der Waals surface area (Å²) in [5, 5.41) is 3.57. The molecule has 0 aromatic heterocycles. The fourth-order valence-electron chi connectivity index (χ4n) is 3.58.